The van der Waals surface area contributed by atoms with E-state index in [0.29, 0.717) is 32.5 Å². The molecule has 1 spiro atoms. The molecule has 2 bridgehead atoms. The molecule has 3 aliphatic rings. The topological polar surface area (TPSA) is 87.1 Å². The Hall–Kier alpha value is -2.10. The van der Waals surface area contributed by atoms with Crippen molar-refractivity contribution >= 4 is 45.5 Å². The van der Waals surface area contributed by atoms with E-state index in [2.05, 4.69) is 29.1 Å². The summed E-state index contributed by atoms with van der Waals surface area (Å²) in [7, 11) is 0. The average Bonchev–Trinajstić information content (AvgIpc) is 3.54. The molecule has 3 saturated heterocycles. The van der Waals surface area contributed by atoms with Crippen molar-refractivity contribution in [2.45, 2.75) is 79.4 Å². The number of alkyl halides is 1. The van der Waals surface area contributed by atoms with Crippen LogP contribution in [0.1, 0.15) is 51.5 Å². The summed E-state index contributed by atoms with van der Waals surface area (Å²) in [5.74, 6) is -1.88. The molecule has 224 valence electrons. The summed E-state index contributed by atoms with van der Waals surface area (Å²) in [6, 6.07) is 8.43. The second-order valence-corrected chi connectivity index (χ2v) is 14.5. The fourth-order valence-electron chi connectivity index (χ4n) is 6.85. The van der Waals surface area contributed by atoms with Crippen LogP contribution in [0.2, 0.25) is 0 Å². The summed E-state index contributed by atoms with van der Waals surface area (Å²) in [6.45, 7) is 12.5. The third-order valence-electron chi connectivity index (χ3n) is 8.51. The van der Waals surface area contributed by atoms with Crippen molar-refractivity contribution in [2.24, 2.45) is 17.8 Å². The summed E-state index contributed by atoms with van der Waals surface area (Å²) in [5.41, 5.74) is 0.980. The van der Waals surface area contributed by atoms with Gasteiger partial charge in [-0.3, -0.25) is 14.4 Å². The maximum atomic E-state index is 14.6. The Morgan fingerprint density at radius 1 is 1.24 bits per heavy atom. The molecule has 0 radical (unpaired) electrons. The van der Waals surface area contributed by atoms with E-state index in [9.17, 15) is 19.5 Å². The van der Waals surface area contributed by atoms with Gasteiger partial charge < -0.3 is 19.6 Å². The summed E-state index contributed by atoms with van der Waals surface area (Å²) in [6.07, 6.45) is 7.15. The number of thioether (sulfide) groups is 1. The van der Waals surface area contributed by atoms with E-state index in [1.165, 1.54) is 0 Å². The lowest BCUT2D eigenvalue weighted by Gasteiger charge is -2.40. The quantitative estimate of drug-likeness (QED) is 0.125. The predicted octanol–water partition coefficient (Wildman–Crippen LogP) is 4.97. The number of allylic oxidation sites excluding steroid dienone is 1. The molecular weight excluding hydrogens is 604 g/mol. The Labute approximate surface area is 256 Å². The highest BCUT2D eigenvalue weighted by Gasteiger charge is 2.76. The minimum Gasteiger partial charge on any atom is -0.465 e. The van der Waals surface area contributed by atoms with Crippen molar-refractivity contribution in [1.82, 2.24) is 9.80 Å². The number of carbonyl (C=O) groups excluding carboxylic acids is 3. The van der Waals surface area contributed by atoms with E-state index < -0.39 is 28.7 Å². The van der Waals surface area contributed by atoms with E-state index in [4.69, 9.17) is 4.74 Å². The van der Waals surface area contributed by atoms with Crippen molar-refractivity contribution in [3.63, 3.8) is 0 Å². The van der Waals surface area contributed by atoms with Crippen molar-refractivity contribution in [3.8, 4) is 0 Å². The number of aliphatic hydroxyl groups is 1. The highest BCUT2D eigenvalue weighted by Crippen LogP contribution is 2.68. The molecular formula is C32H43BrN2O5S. The Morgan fingerprint density at radius 2 is 1.98 bits per heavy atom. The molecule has 0 saturated carbocycles. The molecule has 7 nitrogen and oxygen atoms in total. The first-order chi connectivity index (χ1) is 19.7. The Balaban J connectivity index is 1.71. The number of ether oxygens (including phenoxy) is 1. The van der Waals surface area contributed by atoms with Crippen LogP contribution in [0.15, 0.2) is 55.6 Å². The minimum atomic E-state index is -0.806. The van der Waals surface area contributed by atoms with Crippen molar-refractivity contribution in [2.75, 3.05) is 19.8 Å². The summed E-state index contributed by atoms with van der Waals surface area (Å²) < 4.78 is 4.95. The smallest absolute Gasteiger partial charge is 0.310 e. The Morgan fingerprint density at radius 3 is 2.61 bits per heavy atom. The number of fused-ring (bicyclic) bond motifs is 1. The second kappa shape index (κ2) is 13.9. The molecule has 4 rings (SSSR count). The van der Waals surface area contributed by atoms with Crippen LogP contribution in [-0.4, -0.2) is 79.4 Å². The maximum absolute atomic E-state index is 14.6. The summed E-state index contributed by atoms with van der Waals surface area (Å²) in [5, 5.41) is 10.4. The number of hydrogen-bond acceptors (Lipinski definition) is 6. The SMILES string of the molecule is C=CCCCCOC(=O)[C@H]1[C@H]2C(=O)N([C@@H](CO)CC(C)C)C(C(=O)N(CC=C)Cc3ccccc3)C23CC(Br)[C@@H]1S3. The molecule has 41 heavy (non-hydrogen) atoms. The number of hydrogen-bond donors (Lipinski definition) is 1. The molecule has 1 aromatic carbocycles. The zero-order valence-corrected chi connectivity index (χ0v) is 26.5. The number of carbonyl (C=O) groups is 3. The number of likely N-dealkylation sites (tertiary alicyclic amines) is 1. The van der Waals surface area contributed by atoms with Gasteiger partial charge in [0.15, 0.2) is 0 Å². The molecule has 7 atom stereocenters. The number of unbranched alkanes of at least 4 members (excludes halogenated alkanes) is 2. The lowest BCUT2D eigenvalue weighted by molar-refractivity contribution is -0.154. The lowest BCUT2D eigenvalue weighted by atomic mass is 9.71. The minimum absolute atomic E-state index is 0.0373. The fourth-order valence-corrected chi connectivity index (χ4v) is 10.4. The zero-order chi connectivity index (χ0) is 29.7. The summed E-state index contributed by atoms with van der Waals surface area (Å²) >= 11 is 5.41. The molecule has 3 aliphatic heterocycles. The fraction of sp³-hybridized carbons (Fsp3) is 0.594. The molecule has 3 heterocycles. The Bertz CT molecular complexity index is 1120. The van der Waals surface area contributed by atoms with Crippen LogP contribution >= 0.6 is 27.7 Å². The van der Waals surface area contributed by atoms with Crippen LogP contribution < -0.4 is 0 Å². The average molecular weight is 648 g/mol. The number of benzene rings is 1. The number of rotatable bonds is 15. The van der Waals surface area contributed by atoms with Crippen LogP contribution in [0.25, 0.3) is 0 Å². The van der Waals surface area contributed by atoms with Crippen molar-refractivity contribution in [1.29, 1.82) is 0 Å². The zero-order valence-electron chi connectivity index (χ0n) is 24.1. The number of esters is 1. The molecule has 1 aromatic rings. The van der Waals surface area contributed by atoms with Gasteiger partial charge in [0.1, 0.15) is 6.04 Å². The first-order valence-corrected chi connectivity index (χ1v) is 16.5. The number of amides is 2. The first kappa shape index (κ1) is 31.8. The van der Waals surface area contributed by atoms with Crippen LogP contribution in [0.3, 0.4) is 0 Å². The number of nitrogens with zero attached hydrogens (tertiary/aromatic N) is 2. The van der Waals surface area contributed by atoms with Gasteiger partial charge in [-0.15, -0.1) is 24.9 Å². The molecule has 0 aromatic heterocycles. The van der Waals surface area contributed by atoms with Gasteiger partial charge in [0.25, 0.3) is 0 Å². The van der Waals surface area contributed by atoms with E-state index in [1.54, 1.807) is 27.6 Å². The molecule has 2 amide bonds. The largest absolute Gasteiger partial charge is 0.465 e. The van der Waals surface area contributed by atoms with E-state index in [0.717, 1.165) is 24.8 Å². The number of halogens is 1. The van der Waals surface area contributed by atoms with Gasteiger partial charge in [-0.2, -0.15) is 0 Å². The van der Waals surface area contributed by atoms with Gasteiger partial charge in [-0.05, 0) is 43.6 Å². The van der Waals surface area contributed by atoms with Crippen LogP contribution in [0.4, 0.5) is 0 Å². The Kier molecular flexibility index (Phi) is 10.8. The van der Waals surface area contributed by atoms with E-state index >= 15 is 0 Å². The van der Waals surface area contributed by atoms with Gasteiger partial charge in [0, 0.05) is 23.2 Å². The maximum Gasteiger partial charge on any atom is 0.310 e. The van der Waals surface area contributed by atoms with Gasteiger partial charge >= 0.3 is 5.97 Å². The third-order valence-corrected chi connectivity index (χ3v) is 11.7. The standard InChI is InChI=1S/C32H43BrN2O5S/c1-5-7-8-12-16-40-31(39)25-26-29(37)35(23(20-36)17-21(3)4)28(32(26)18-24(33)27(25)41-32)30(38)34(15-6-2)19-22-13-10-9-11-14-22/h5-6,9-11,13-14,21,23-28,36H,1-2,7-8,12,15-20H2,3-4H3/t23-,24?,25+,26+,27+,28?,32?/m1/s1. The number of aliphatic hydroxyl groups excluding tert-OH is 1. The predicted molar refractivity (Wildman–Crippen MR) is 166 cm³/mol. The van der Waals surface area contributed by atoms with Gasteiger partial charge in [-0.1, -0.05) is 72.3 Å². The van der Waals surface area contributed by atoms with Crippen LogP contribution in [-0.2, 0) is 25.7 Å². The van der Waals surface area contributed by atoms with Crippen molar-refractivity contribution < 1.29 is 24.2 Å². The summed E-state index contributed by atoms with van der Waals surface area (Å²) in [4.78, 5) is 46.0. The van der Waals surface area contributed by atoms with Crippen LogP contribution in [0, 0.1) is 17.8 Å². The molecule has 1 N–H and O–H groups in total. The molecule has 3 fully saturated rings. The van der Waals surface area contributed by atoms with Crippen LogP contribution in [0.5, 0.6) is 0 Å². The third kappa shape index (κ3) is 6.32. The van der Waals surface area contributed by atoms with E-state index in [1.807, 2.05) is 50.3 Å². The first-order valence-electron chi connectivity index (χ1n) is 14.7. The van der Waals surface area contributed by atoms with Gasteiger partial charge in [-0.25, -0.2) is 0 Å². The van der Waals surface area contributed by atoms with E-state index in [-0.39, 0.29) is 40.4 Å². The molecule has 9 heteroatoms. The normalized spacial score (nSPS) is 29.0. The highest BCUT2D eigenvalue weighted by molar-refractivity contribution is 9.09. The van der Waals surface area contributed by atoms with Crippen molar-refractivity contribution in [3.05, 3.63) is 61.2 Å². The monoisotopic (exact) mass is 646 g/mol. The second-order valence-electron chi connectivity index (χ2n) is 11.8. The van der Waals surface area contributed by atoms with Gasteiger partial charge in [0.05, 0.1) is 35.8 Å². The lowest BCUT2D eigenvalue weighted by Crippen LogP contribution is -2.57. The van der Waals surface area contributed by atoms with Gasteiger partial charge in [0.2, 0.25) is 11.8 Å². The molecule has 3 unspecified atom stereocenters. The highest BCUT2D eigenvalue weighted by atomic mass is 79.9. The molecule has 0 aliphatic carbocycles.